The van der Waals surface area contributed by atoms with Crippen molar-refractivity contribution < 1.29 is 14.1 Å². The van der Waals surface area contributed by atoms with Crippen LogP contribution in [0.25, 0.3) is 0 Å². The minimum absolute atomic E-state index is 0.0277. The lowest BCUT2D eigenvalue weighted by atomic mass is 9.87. The minimum Gasteiger partial charge on any atom is -0.381 e. The molecule has 6 nitrogen and oxygen atoms in total. The molecule has 0 aromatic carbocycles. The second kappa shape index (κ2) is 7.02. The molecule has 2 fully saturated rings. The summed E-state index contributed by atoms with van der Waals surface area (Å²) in [6.45, 7) is 6.13. The lowest BCUT2D eigenvalue weighted by Gasteiger charge is -2.48. The first-order valence-corrected chi connectivity index (χ1v) is 8.97. The molecule has 122 valence electrons. The van der Waals surface area contributed by atoms with Crippen molar-refractivity contribution in [1.29, 1.82) is 0 Å². The molecule has 0 saturated carbocycles. The first-order chi connectivity index (χ1) is 10.7. The second-order valence-corrected chi connectivity index (χ2v) is 7.14. The highest BCUT2D eigenvalue weighted by atomic mass is 32.2. The number of nitrogens with zero attached hydrogens (tertiary/aromatic N) is 2. The topological polar surface area (TPSA) is 67.6 Å². The van der Waals surface area contributed by atoms with Crippen LogP contribution < -0.4 is 5.32 Å². The number of hydrogen-bond acceptors (Lipinski definition) is 6. The lowest BCUT2D eigenvalue weighted by Crippen LogP contribution is -2.60. The van der Waals surface area contributed by atoms with Crippen molar-refractivity contribution in [3.05, 3.63) is 17.5 Å². The van der Waals surface area contributed by atoms with E-state index in [-0.39, 0.29) is 11.4 Å². The molecule has 0 bridgehead atoms. The summed E-state index contributed by atoms with van der Waals surface area (Å²) in [5.74, 6) is 2.80. The van der Waals surface area contributed by atoms with Gasteiger partial charge in [-0.1, -0.05) is 5.16 Å². The molecule has 1 N–H and O–H groups in total. The minimum atomic E-state index is -0.101. The predicted molar refractivity (Wildman–Crippen MR) is 85.3 cm³/mol. The first kappa shape index (κ1) is 15.8. The zero-order valence-electron chi connectivity index (χ0n) is 13.0. The Hall–Kier alpha value is -1.05. The smallest absolute Gasteiger partial charge is 0.256 e. The number of thioether (sulfide) groups is 1. The molecule has 0 radical (unpaired) electrons. The Morgan fingerprint density at radius 3 is 2.77 bits per heavy atom. The highest BCUT2D eigenvalue weighted by Gasteiger charge is 2.39. The van der Waals surface area contributed by atoms with E-state index < -0.39 is 0 Å². The van der Waals surface area contributed by atoms with E-state index in [0.717, 1.165) is 39.1 Å². The van der Waals surface area contributed by atoms with Crippen LogP contribution in [0.2, 0.25) is 0 Å². The van der Waals surface area contributed by atoms with Crippen LogP contribution in [0, 0.1) is 6.92 Å². The normalized spacial score (nSPS) is 22.4. The van der Waals surface area contributed by atoms with Gasteiger partial charge < -0.3 is 14.6 Å². The number of rotatable bonds is 4. The van der Waals surface area contributed by atoms with E-state index in [9.17, 15) is 4.79 Å². The SMILES string of the molecule is Cc1oncc1C(=O)NCC1(N2CCSCC2)CCOCC1. The van der Waals surface area contributed by atoms with Gasteiger partial charge in [0.25, 0.3) is 5.91 Å². The highest BCUT2D eigenvalue weighted by Crippen LogP contribution is 2.30. The third-order valence-corrected chi connectivity index (χ3v) is 5.62. The summed E-state index contributed by atoms with van der Waals surface area (Å²) in [6.07, 6.45) is 3.43. The maximum absolute atomic E-state index is 12.3. The Bertz CT molecular complexity index is 508. The average molecular weight is 325 g/mol. The predicted octanol–water partition coefficient (Wildman–Crippen LogP) is 1.31. The van der Waals surface area contributed by atoms with Gasteiger partial charge in [-0.05, 0) is 19.8 Å². The number of aromatic nitrogens is 1. The quantitative estimate of drug-likeness (QED) is 0.900. The Balaban J connectivity index is 1.67. The summed E-state index contributed by atoms with van der Waals surface area (Å²) in [7, 11) is 0. The monoisotopic (exact) mass is 325 g/mol. The molecule has 0 spiro atoms. The standard InChI is InChI=1S/C15H23N3O3S/c1-12-13(10-17-21-12)14(19)16-11-15(2-6-20-7-3-15)18-4-8-22-9-5-18/h10H,2-9,11H2,1H3,(H,16,19). The Labute approximate surface area is 134 Å². The molecule has 1 amide bonds. The van der Waals surface area contributed by atoms with Gasteiger partial charge in [0.05, 0.1) is 6.20 Å². The van der Waals surface area contributed by atoms with Gasteiger partial charge >= 0.3 is 0 Å². The summed E-state index contributed by atoms with van der Waals surface area (Å²) < 4.78 is 10.5. The second-order valence-electron chi connectivity index (χ2n) is 5.91. The fourth-order valence-electron chi connectivity index (χ4n) is 3.25. The zero-order valence-corrected chi connectivity index (χ0v) is 13.8. The van der Waals surface area contributed by atoms with E-state index >= 15 is 0 Å². The van der Waals surface area contributed by atoms with Crippen LogP contribution in [0.1, 0.15) is 29.0 Å². The molecular weight excluding hydrogens is 302 g/mol. The molecular formula is C15H23N3O3S. The van der Waals surface area contributed by atoms with Gasteiger partial charge in [0.2, 0.25) is 0 Å². The molecule has 1 aromatic rings. The molecule has 0 aliphatic carbocycles. The molecule has 7 heteroatoms. The van der Waals surface area contributed by atoms with Crippen molar-refractivity contribution in [2.45, 2.75) is 25.3 Å². The zero-order chi connectivity index (χ0) is 15.4. The number of carbonyl (C=O) groups excluding carboxylic acids is 1. The number of hydrogen-bond donors (Lipinski definition) is 1. The first-order valence-electron chi connectivity index (χ1n) is 7.81. The number of ether oxygens (including phenoxy) is 1. The average Bonchev–Trinajstić information content (AvgIpc) is 3.00. The van der Waals surface area contributed by atoms with Crippen LogP contribution in [0.3, 0.4) is 0 Å². The molecule has 2 aliphatic heterocycles. The van der Waals surface area contributed by atoms with Crippen LogP contribution in [0.4, 0.5) is 0 Å². The van der Waals surface area contributed by atoms with Gasteiger partial charge in [-0.3, -0.25) is 9.69 Å². The van der Waals surface area contributed by atoms with Crippen molar-refractivity contribution >= 4 is 17.7 Å². The van der Waals surface area contributed by atoms with Gasteiger partial charge in [-0.15, -0.1) is 0 Å². The van der Waals surface area contributed by atoms with Crippen LogP contribution in [-0.2, 0) is 4.74 Å². The van der Waals surface area contributed by atoms with Crippen molar-refractivity contribution in [1.82, 2.24) is 15.4 Å². The molecule has 2 aliphatic rings. The molecule has 2 saturated heterocycles. The molecule has 3 rings (SSSR count). The van der Waals surface area contributed by atoms with Gasteiger partial charge in [0.15, 0.2) is 0 Å². The number of amides is 1. The molecule has 22 heavy (non-hydrogen) atoms. The fraction of sp³-hybridized carbons (Fsp3) is 0.733. The highest BCUT2D eigenvalue weighted by molar-refractivity contribution is 7.99. The van der Waals surface area contributed by atoms with Gasteiger partial charge in [-0.2, -0.15) is 11.8 Å². The van der Waals surface area contributed by atoms with E-state index in [1.807, 2.05) is 11.8 Å². The Morgan fingerprint density at radius 1 is 1.41 bits per heavy atom. The van der Waals surface area contributed by atoms with Crippen LogP contribution in [-0.4, -0.2) is 65.9 Å². The largest absolute Gasteiger partial charge is 0.381 e. The van der Waals surface area contributed by atoms with Crippen LogP contribution >= 0.6 is 11.8 Å². The Morgan fingerprint density at radius 2 is 2.14 bits per heavy atom. The van der Waals surface area contributed by atoms with Crippen molar-refractivity contribution in [2.75, 3.05) is 44.4 Å². The van der Waals surface area contributed by atoms with Gasteiger partial charge in [0.1, 0.15) is 11.3 Å². The summed E-state index contributed by atoms with van der Waals surface area (Å²) in [5.41, 5.74) is 0.552. The van der Waals surface area contributed by atoms with Crippen molar-refractivity contribution in [3.63, 3.8) is 0 Å². The van der Waals surface area contributed by atoms with Crippen molar-refractivity contribution in [3.8, 4) is 0 Å². The van der Waals surface area contributed by atoms with Crippen LogP contribution in [0.15, 0.2) is 10.7 Å². The molecule has 1 aromatic heterocycles. The van der Waals surface area contributed by atoms with Gasteiger partial charge in [-0.25, -0.2) is 0 Å². The van der Waals surface area contributed by atoms with E-state index in [2.05, 4.69) is 15.4 Å². The maximum Gasteiger partial charge on any atom is 0.256 e. The van der Waals surface area contributed by atoms with Crippen molar-refractivity contribution in [2.24, 2.45) is 0 Å². The number of carbonyl (C=O) groups is 1. The summed E-state index contributed by atoms with van der Waals surface area (Å²) in [6, 6.07) is 0. The summed E-state index contributed by atoms with van der Waals surface area (Å²) in [4.78, 5) is 14.9. The van der Waals surface area contributed by atoms with Crippen LogP contribution in [0.5, 0.6) is 0 Å². The summed E-state index contributed by atoms with van der Waals surface area (Å²) >= 11 is 2.00. The fourth-order valence-corrected chi connectivity index (χ4v) is 4.15. The number of aryl methyl sites for hydroxylation is 1. The maximum atomic E-state index is 12.3. The lowest BCUT2D eigenvalue weighted by molar-refractivity contribution is -0.0237. The van der Waals surface area contributed by atoms with E-state index in [0.29, 0.717) is 17.9 Å². The molecule has 0 unspecified atom stereocenters. The third kappa shape index (κ3) is 3.31. The molecule has 3 heterocycles. The van der Waals surface area contributed by atoms with E-state index in [1.54, 1.807) is 6.92 Å². The van der Waals surface area contributed by atoms with E-state index in [4.69, 9.17) is 9.26 Å². The third-order valence-electron chi connectivity index (χ3n) is 4.68. The number of nitrogens with one attached hydrogen (secondary N) is 1. The summed E-state index contributed by atoms with van der Waals surface area (Å²) in [5, 5.41) is 6.77. The Kier molecular flexibility index (Phi) is 5.05. The van der Waals surface area contributed by atoms with Gasteiger partial charge in [0, 0.05) is 49.9 Å². The van der Waals surface area contributed by atoms with E-state index in [1.165, 1.54) is 17.7 Å². The molecule has 0 atom stereocenters.